The van der Waals surface area contributed by atoms with Crippen molar-refractivity contribution in [2.45, 2.75) is 6.04 Å². The second kappa shape index (κ2) is 6.49. The molecule has 0 radical (unpaired) electrons. The SMILES string of the molecule is NC(CS)C(=O)NCCO[N+](=O)[O-]. The van der Waals surface area contributed by atoms with E-state index in [0.717, 1.165) is 0 Å². The largest absolute Gasteiger partial charge is 0.353 e. The van der Waals surface area contributed by atoms with Crippen molar-refractivity contribution >= 4 is 18.5 Å². The Balaban J connectivity index is 3.42. The third kappa shape index (κ3) is 6.17. The van der Waals surface area contributed by atoms with Gasteiger partial charge in [-0.2, -0.15) is 12.6 Å². The van der Waals surface area contributed by atoms with E-state index in [0.29, 0.717) is 0 Å². The molecule has 1 amide bonds. The van der Waals surface area contributed by atoms with Gasteiger partial charge in [0.05, 0.1) is 6.04 Å². The van der Waals surface area contributed by atoms with Crippen LogP contribution in [0.25, 0.3) is 0 Å². The van der Waals surface area contributed by atoms with Gasteiger partial charge in [-0.15, -0.1) is 10.1 Å². The minimum absolute atomic E-state index is 0.0568. The third-order valence-electron chi connectivity index (χ3n) is 1.13. The Bertz CT molecular complexity index is 189. The van der Waals surface area contributed by atoms with E-state index in [4.69, 9.17) is 5.73 Å². The van der Waals surface area contributed by atoms with Gasteiger partial charge in [-0.3, -0.25) is 4.79 Å². The van der Waals surface area contributed by atoms with Crippen LogP contribution >= 0.6 is 12.6 Å². The summed E-state index contributed by atoms with van der Waals surface area (Å²) in [5.41, 5.74) is 5.30. The van der Waals surface area contributed by atoms with Gasteiger partial charge in [0.1, 0.15) is 6.61 Å². The van der Waals surface area contributed by atoms with E-state index in [1.807, 2.05) is 0 Å². The van der Waals surface area contributed by atoms with Gasteiger partial charge in [0.15, 0.2) is 0 Å². The fourth-order valence-electron chi connectivity index (χ4n) is 0.508. The Hall–Kier alpha value is -1.02. The Morgan fingerprint density at radius 1 is 1.77 bits per heavy atom. The summed E-state index contributed by atoms with van der Waals surface area (Å²) in [6.45, 7) is -0.126. The molecule has 0 spiro atoms. The van der Waals surface area contributed by atoms with Gasteiger partial charge >= 0.3 is 0 Å². The Labute approximate surface area is 80.1 Å². The van der Waals surface area contributed by atoms with Crippen molar-refractivity contribution in [2.24, 2.45) is 5.73 Å². The number of hydrogen-bond acceptors (Lipinski definition) is 6. The lowest BCUT2D eigenvalue weighted by molar-refractivity contribution is -0.757. The van der Waals surface area contributed by atoms with E-state index < -0.39 is 17.0 Å². The van der Waals surface area contributed by atoms with Crippen LogP contribution in [-0.4, -0.2) is 35.9 Å². The van der Waals surface area contributed by atoms with Gasteiger partial charge in [-0.05, 0) is 0 Å². The first-order valence-corrected chi connectivity index (χ1v) is 4.12. The van der Waals surface area contributed by atoms with Crippen molar-refractivity contribution in [3.8, 4) is 0 Å². The van der Waals surface area contributed by atoms with Gasteiger partial charge in [0.2, 0.25) is 5.91 Å². The summed E-state index contributed by atoms with van der Waals surface area (Å²) in [6.07, 6.45) is 0. The van der Waals surface area contributed by atoms with E-state index in [1.165, 1.54) is 0 Å². The average molecular weight is 209 g/mol. The van der Waals surface area contributed by atoms with Crippen LogP contribution in [0.1, 0.15) is 0 Å². The number of hydrogen-bond donors (Lipinski definition) is 3. The van der Waals surface area contributed by atoms with E-state index in [2.05, 4.69) is 22.8 Å². The van der Waals surface area contributed by atoms with E-state index in [1.54, 1.807) is 0 Å². The van der Waals surface area contributed by atoms with Crippen molar-refractivity contribution < 1.29 is 14.7 Å². The molecule has 1 unspecified atom stereocenters. The molecule has 0 saturated heterocycles. The first-order valence-electron chi connectivity index (χ1n) is 3.49. The van der Waals surface area contributed by atoms with Gasteiger partial charge in [0.25, 0.3) is 5.09 Å². The molecule has 8 heteroatoms. The number of carbonyl (C=O) groups excluding carboxylic acids is 1. The van der Waals surface area contributed by atoms with Gasteiger partial charge in [0, 0.05) is 12.3 Å². The van der Waals surface area contributed by atoms with Crippen LogP contribution in [-0.2, 0) is 9.63 Å². The number of rotatable bonds is 6. The van der Waals surface area contributed by atoms with Crippen molar-refractivity contribution in [3.05, 3.63) is 10.1 Å². The van der Waals surface area contributed by atoms with Crippen molar-refractivity contribution in [3.63, 3.8) is 0 Å². The number of nitrogens with zero attached hydrogens (tertiary/aromatic N) is 1. The highest BCUT2D eigenvalue weighted by atomic mass is 32.1. The maximum Gasteiger partial charge on any atom is 0.294 e. The van der Waals surface area contributed by atoms with Crippen LogP contribution in [0.15, 0.2) is 0 Å². The summed E-state index contributed by atoms with van der Waals surface area (Å²) in [6, 6.07) is -0.695. The van der Waals surface area contributed by atoms with Gasteiger partial charge in [-0.1, -0.05) is 0 Å². The number of nitrogens with one attached hydrogen (secondary N) is 1. The summed E-state index contributed by atoms with van der Waals surface area (Å²) in [5.74, 6) is -0.177. The highest BCUT2D eigenvalue weighted by Crippen LogP contribution is 1.82. The molecule has 0 aliphatic heterocycles. The third-order valence-corrected chi connectivity index (χ3v) is 1.52. The number of thiol groups is 1. The molecule has 1 atom stereocenters. The van der Waals surface area contributed by atoms with Gasteiger partial charge in [-0.25, -0.2) is 0 Å². The lowest BCUT2D eigenvalue weighted by Gasteiger charge is -2.08. The molecule has 0 aliphatic rings. The zero-order valence-corrected chi connectivity index (χ0v) is 7.70. The van der Waals surface area contributed by atoms with Crippen LogP contribution in [0.2, 0.25) is 0 Å². The standard InChI is InChI=1S/C5H11N3O4S/c6-4(3-13)5(9)7-1-2-12-8(10)11/h4,13H,1-3,6H2,(H,7,9). The van der Waals surface area contributed by atoms with Crippen LogP contribution in [0.5, 0.6) is 0 Å². The van der Waals surface area contributed by atoms with E-state index >= 15 is 0 Å². The van der Waals surface area contributed by atoms with Crippen LogP contribution in [0.3, 0.4) is 0 Å². The van der Waals surface area contributed by atoms with Crippen molar-refractivity contribution in [2.75, 3.05) is 18.9 Å². The predicted molar refractivity (Wildman–Crippen MR) is 47.8 cm³/mol. The van der Waals surface area contributed by atoms with Crippen LogP contribution < -0.4 is 11.1 Å². The fourth-order valence-corrected chi connectivity index (χ4v) is 0.674. The maximum atomic E-state index is 10.9. The molecule has 0 aromatic heterocycles. The molecular weight excluding hydrogens is 198 g/mol. The quantitative estimate of drug-likeness (QED) is 0.215. The van der Waals surface area contributed by atoms with Gasteiger partial charge < -0.3 is 15.9 Å². The predicted octanol–water partition coefficient (Wildman–Crippen LogP) is -1.43. The molecule has 0 heterocycles. The minimum atomic E-state index is -0.926. The maximum absolute atomic E-state index is 10.9. The summed E-state index contributed by atoms with van der Waals surface area (Å²) in [7, 11) is 0. The summed E-state index contributed by atoms with van der Waals surface area (Å²) in [4.78, 5) is 24.5. The lowest BCUT2D eigenvalue weighted by atomic mass is 10.3. The second-order valence-corrected chi connectivity index (χ2v) is 2.50. The number of nitrogens with two attached hydrogens (primary N) is 1. The van der Waals surface area contributed by atoms with Crippen molar-refractivity contribution in [1.82, 2.24) is 5.32 Å². The minimum Gasteiger partial charge on any atom is -0.353 e. The molecule has 7 nitrogen and oxygen atoms in total. The Kier molecular flexibility index (Phi) is 5.98. The first-order chi connectivity index (χ1) is 6.07. The molecule has 0 aliphatic carbocycles. The van der Waals surface area contributed by atoms with E-state index in [9.17, 15) is 14.9 Å². The molecule has 0 fully saturated rings. The zero-order chi connectivity index (χ0) is 10.3. The zero-order valence-electron chi connectivity index (χ0n) is 6.80. The fraction of sp³-hybridized carbons (Fsp3) is 0.800. The summed E-state index contributed by atoms with van der Waals surface area (Å²) in [5, 5.41) is 11.1. The summed E-state index contributed by atoms with van der Waals surface area (Å²) < 4.78 is 0. The highest BCUT2D eigenvalue weighted by molar-refractivity contribution is 7.80. The Morgan fingerprint density at radius 2 is 2.38 bits per heavy atom. The topological polar surface area (TPSA) is 107 Å². The van der Waals surface area contributed by atoms with Crippen LogP contribution in [0.4, 0.5) is 0 Å². The monoisotopic (exact) mass is 209 g/mol. The molecule has 0 aromatic carbocycles. The molecule has 0 saturated carbocycles. The first kappa shape index (κ1) is 12.0. The molecular formula is C5H11N3O4S. The van der Waals surface area contributed by atoms with Crippen molar-refractivity contribution in [1.29, 1.82) is 0 Å². The normalized spacial score (nSPS) is 11.8. The number of amides is 1. The Morgan fingerprint density at radius 3 is 2.85 bits per heavy atom. The lowest BCUT2D eigenvalue weighted by Crippen LogP contribution is -2.43. The molecule has 76 valence electrons. The molecule has 0 aromatic rings. The molecule has 0 bridgehead atoms. The van der Waals surface area contributed by atoms with E-state index in [-0.39, 0.29) is 18.9 Å². The van der Waals surface area contributed by atoms with Crippen LogP contribution in [0, 0.1) is 10.1 Å². The second-order valence-electron chi connectivity index (χ2n) is 2.14. The summed E-state index contributed by atoms with van der Waals surface area (Å²) >= 11 is 3.81. The smallest absolute Gasteiger partial charge is 0.294 e. The molecule has 3 N–H and O–H groups in total. The number of carbonyl (C=O) groups is 1. The highest BCUT2D eigenvalue weighted by Gasteiger charge is 2.09. The average Bonchev–Trinajstić information content (AvgIpc) is 2.10. The molecule has 13 heavy (non-hydrogen) atoms. The molecule has 0 rings (SSSR count).